The van der Waals surface area contributed by atoms with Gasteiger partial charge in [0.1, 0.15) is 5.04 Å². The van der Waals surface area contributed by atoms with E-state index in [4.69, 9.17) is 5.11 Å². The molecule has 0 bridgehead atoms. The molecule has 5 nitrogen and oxygen atoms in total. The van der Waals surface area contributed by atoms with Crippen molar-refractivity contribution in [2.45, 2.75) is 6.04 Å². The lowest BCUT2D eigenvalue weighted by Crippen LogP contribution is -2.17. The molecule has 1 aromatic rings. The number of aliphatic carboxylic acids is 1. The number of aromatic hydroxyl groups is 2. The van der Waals surface area contributed by atoms with Crippen LogP contribution in [0.15, 0.2) is 23.2 Å². The first-order valence-electron chi connectivity index (χ1n) is 4.54. The predicted molar refractivity (Wildman–Crippen MR) is 60.2 cm³/mol. The fraction of sp³-hybridized carbons (Fsp3) is 0.200. The summed E-state index contributed by atoms with van der Waals surface area (Å²) in [7, 11) is 0. The Bertz CT molecular complexity index is 472. The summed E-state index contributed by atoms with van der Waals surface area (Å²) < 4.78 is 0. The molecule has 3 N–H and O–H groups in total. The van der Waals surface area contributed by atoms with Gasteiger partial charge >= 0.3 is 5.97 Å². The molecule has 0 radical (unpaired) electrons. The normalized spacial score (nSPS) is 19.5. The Morgan fingerprint density at radius 3 is 2.81 bits per heavy atom. The third kappa shape index (κ3) is 1.83. The van der Waals surface area contributed by atoms with E-state index in [1.807, 2.05) is 0 Å². The summed E-state index contributed by atoms with van der Waals surface area (Å²) in [5.74, 6) is -1.14. The second kappa shape index (κ2) is 4.05. The van der Waals surface area contributed by atoms with Crippen LogP contribution in [0.4, 0.5) is 0 Å². The van der Waals surface area contributed by atoms with Gasteiger partial charge in [-0.15, -0.1) is 11.8 Å². The largest absolute Gasteiger partial charge is 0.504 e. The second-order valence-electron chi connectivity index (χ2n) is 3.27. The Morgan fingerprint density at radius 2 is 2.19 bits per heavy atom. The minimum absolute atomic E-state index is 0.237. The lowest BCUT2D eigenvalue weighted by atomic mass is 10.2. The van der Waals surface area contributed by atoms with Crippen LogP contribution in [-0.2, 0) is 4.79 Å². The Hall–Kier alpha value is -1.69. The smallest absolute Gasteiger partial charge is 0.329 e. The molecule has 84 valence electrons. The number of benzene rings is 1. The minimum atomic E-state index is -0.984. The number of rotatable bonds is 2. The lowest BCUT2D eigenvalue weighted by Gasteiger charge is -2.04. The number of aliphatic imine (C=N–C) groups is 1. The third-order valence-corrected chi connectivity index (χ3v) is 3.26. The number of thioether (sulfide) groups is 1. The molecule has 16 heavy (non-hydrogen) atoms. The van der Waals surface area contributed by atoms with E-state index in [1.165, 1.54) is 17.8 Å². The van der Waals surface area contributed by atoms with Crippen molar-refractivity contribution in [2.75, 3.05) is 5.75 Å². The zero-order valence-corrected chi connectivity index (χ0v) is 8.94. The number of carboxylic acids is 1. The van der Waals surface area contributed by atoms with E-state index >= 15 is 0 Å². The molecule has 6 heteroatoms. The summed E-state index contributed by atoms with van der Waals surface area (Å²) in [4.78, 5) is 14.7. The highest BCUT2D eigenvalue weighted by molar-refractivity contribution is 8.14. The van der Waals surface area contributed by atoms with Crippen LogP contribution in [0.1, 0.15) is 5.56 Å². The van der Waals surface area contributed by atoms with Crippen molar-refractivity contribution >= 4 is 22.8 Å². The fourth-order valence-electron chi connectivity index (χ4n) is 1.35. The molecule has 0 amide bonds. The van der Waals surface area contributed by atoms with Crippen molar-refractivity contribution in [3.8, 4) is 11.5 Å². The van der Waals surface area contributed by atoms with Crippen LogP contribution in [0.5, 0.6) is 11.5 Å². The van der Waals surface area contributed by atoms with Gasteiger partial charge in [-0.05, 0) is 12.1 Å². The molecule has 2 rings (SSSR count). The zero-order valence-electron chi connectivity index (χ0n) is 8.12. The third-order valence-electron chi connectivity index (χ3n) is 2.18. The summed E-state index contributed by atoms with van der Waals surface area (Å²) in [6.45, 7) is 0. The molecule has 1 heterocycles. The van der Waals surface area contributed by atoms with Crippen molar-refractivity contribution in [3.05, 3.63) is 23.8 Å². The molecule has 0 spiro atoms. The molecule has 1 aliphatic heterocycles. The first-order valence-corrected chi connectivity index (χ1v) is 5.53. The maximum atomic E-state index is 10.7. The highest BCUT2D eigenvalue weighted by Crippen LogP contribution is 2.34. The molecule has 0 saturated heterocycles. The minimum Gasteiger partial charge on any atom is -0.504 e. The van der Waals surface area contributed by atoms with E-state index in [-0.39, 0.29) is 11.5 Å². The first-order chi connectivity index (χ1) is 7.59. The van der Waals surface area contributed by atoms with Crippen molar-refractivity contribution in [3.63, 3.8) is 0 Å². The van der Waals surface area contributed by atoms with Crippen LogP contribution in [-0.4, -0.2) is 38.1 Å². The number of carbonyl (C=O) groups is 1. The number of phenols is 2. The van der Waals surface area contributed by atoms with E-state index in [0.717, 1.165) is 0 Å². The maximum Gasteiger partial charge on any atom is 0.329 e. The van der Waals surface area contributed by atoms with Gasteiger partial charge in [-0.25, -0.2) is 4.79 Å². The molecule has 0 fully saturated rings. The van der Waals surface area contributed by atoms with E-state index in [9.17, 15) is 15.0 Å². The number of nitrogens with zero attached hydrogens (tertiary/aromatic N) is 1. The highest BCUT2D eigenvalue weighted by Gasteiger charge is 2.26. The summed E-state index contributed by atoms with van der Waals surface area (Å²) >= 11 is 1.25. The van der Waals surface area contributed by atoms with Gasteiger partial charge in [0.05, 0.1) is 5.56 Å². The average Bonchev–Trinajstić information content (AvgIpc) is 2.71. The van der Waals surface area contributed by atoms with Gasteiger partial charge < -0.3 is 15.3 Å². The molecule has 1 aliphatic rings. The second-order valence-corrected chi connectivity index (χ2v) is 4.28. The summed E-state index contributed by atoms with van der Waals surface area (Å²) in [5.41, 5.74) is 0.369. The van der Waals surface area contributed by atoms with Crippen molar-refractivity contribution < 1.29 is 20.1 Å². The lowest BCUT2D eigenvalue weighted by molar-refractivity contribution is -0.137. The summed E-state index contributed by atoms with van der Waals surface area (Å²) in [6, 6.07) is 3.74. The summed E-state index contributed by atoms with van der Waals surface area (Å²) in [5, 5.41) is 28.1. The van der Waals surface area contributed by atoms with Crippen LogP contribution in [0.3, 0.4) is 0 Å². The number of hydrogen-bond donors (Lipinski definition) is 3. The maximum absolute atomic E-state index is 10.7. The van der Waals surface area contributed by atoms with Gasteiger partial charge in [-0.1, -0.05) is 6.07 Å². The molecule has 0 aliphatic carbocycles. The number of carboxylic acid groups (broad SMARTS) is 1. The van der Waals surface area contributed by atoms with Gasteiger partial charge in [-0.2, -0.15) is 0 Å². The van der Waals surface area contributed by atoms with Gasteiger partial charge in [0.15, 0.2) is 17.5 Å². The predicted octanol–water partition coefficient (Wildman–Crippen LogP) is 1.04. The van der Waals surface area contributed by atoms with E-state index < -0.39 is 12.0 Å². The van der Waals surface area contributed by atoms with Crippen molar-refractivity contribution in [2.24, 2.45) is 4.99 Å². The fourth-order valence-corrected chi connectivity index (χ4v) is 2.41. The molecule has 1 atom stereocenters. The van der Waals surface area contributed by atoms with Crippen LogP contribution in [0.2, 0.25) is 0 Å². The Morgan fingerprint density at radius 1 is 1.44 bits per heavy atom. The SMILES string of the molecule is O=C(O)[C@@H]1CSC(c2cccc(O)c2O)=N1. The molecule has 0 unspecified atom stereocenters. The first kappa shape index (κ1) is 10.8. The summed E-state index contributed by atoms with van der Waals surface area (Å²) in [6.07, 6.45) is 0. The van der Waals surface area contributed by atoms with Gasteiger partial charge in [0.25, 0.3) is 0 Å². The van der Waals surface area contributed by atoms with Crippen LogP contribution in [0, 0.1) is 0 Å². The quantitative estimate of drug-likeness (QED) is 0.671. The van der Waals surface area contributed by atoms with Crippen LogP contribution in [0.25, 0.3) is 0 Å². The number of para-hydroxylation sites is 1. The van der Waals surface area contributed by atoms with E-state index in [2.05, 4.69) is 4.99 Å². The number of phenolic OH excluding ortho intramolecular Hbond substituents is 2. The number of hydrogen-bond acceptors (Lipinski definition) is 5. The molecule has 1 aromatic carbocycles. The topological polar surface area (TPSA) is 90.1 Å². The Labute approximate surface area is 95.4 Å². The zero-order chi connectivity index (χ0) is 11.7. The van der Waals surface area contributed by atoms with E-state index in [1.54, 1.807) is 12.1 Å². The Balaban J connectivity index is 2.36. The average molecular weight is 239 g/mol. The highest BCUT2D eigenvalue weighted by atomic mass is 32.2. The van der Waals surface area contributed by atoms with Gasteiger partial charge in [0.2, 0.25) is 0 Å². The molecule has 0 saturated carbocycles. The van der Waals surface area contributed by atoms with Crippen molar-refractivity contribution in [1.82, 2.24) is 0 Å². The Kier molecular flexibility index (Phi) is 2.74. The van der Waals surface area contributed by atoms with Crippen LogP contribution >= 0.6 is 11.8 Å². The molecular weight excluding hydrogens is 230 g/mol. The monoisotopic (exact) mass is 239 g/mol. The van der Waals surface area contributed by atoms with E-state index in [0.29, 0.717) is 16.4 Å². The van der Waals surface area contributed by atoms with Crippen LogP contribution < -0.4 is 0 Å². The van der Waals surface area contributed by atoms with Gasteiger partial charge in [0, 0.05) is 5.75 Å². The van der Waals surface area contributed by atoms with Gasteiger partial charge in [-0.3, -0.25) is 4.99 Å². The molecule has 0 aromatic heterocycles. The standard InChI is InChI=1S/C10H9NO4S/c12-7-3-1-2-5(8(7)13)9-11-6(4-16-9)10(14)15/h1-3,6,12-13H,4H2,(H,14,15)/t6-/m0/s1. The molecular formula is C10H9NO4S. The van der Waals surface area contributed by atoms with Crippen molar-refractivity contribution in [1.29, 1.82) is 0 Å².